The fourth-order valence-corrected chi connectivity index (χ4v) is 4.65. The average Bonchev–Trinajstić information content (AvgIpc) is 3.39. The lowest BCUT2D eigenvalue weighted by Gasteiger charge is -2.22. The van der Waals surface area contributed by atoms with Gasteiger partial charge in [-0.2, -0.15) is 0 Å². The van der Waals surface area contributed by atoms with Gasteiger partial charge < -0.3 is 9.84 Å². The predicted molar refractivity (Wildman–Crippen MR) is 129 cm³/mol. The standard InChI is InChI=1S/C24H18N4O7S/c1-3-12-35-23(32)21-13(2)26-24(36-21)27-18(14-4-6-16(7-5-14)28(33)34)17(20(30)22(27)31)19(29)15-8-10-25-11-9-15/h3-11,18,29H,1,12H2,2H3. The summed E-state index contributed by atoms with van der Waals surface area (Å²) in [5.41, 5.74) is 0.423. The summed E-state index contributed by atoms with van der Waals surface area (Å²) in [4.78, 5) is 58.8. The van der Waals surface area contributed by atoms with Crippen molar-refractivity contribution in [2.75, 3.05) is 11.5 Å². The van der Waals surface area contributed by atoms with Crippen LogP contribution in [0, 0.1) is 17.0 Å². The number of esters is 1. The number of aliphatic hydroxyl groups excluding tert-OH is 1. The Bertz CT molecular complexity index is 1410. The largest absolute Gasteiger partial charge is 0.507 e. The van der Waals surface area contributed by atoms with Gasteiger partial charge in [-0.15, -0.1) is 0 Å². The van der Waals surface area contributed by atoms with E-state index in [0.717, 1.165) is 16.2 Å². The van der Waals surface area contributed by atoms with Crippen molar-refractivity contribution < 1.29 is 29.2 Å². The number of aromatic nitrogens is 2. The third kappa shape index (κ3) is 4.36. The van der Waals surface area contributed by atoms with Crippen LogP contribution in [-0.2, 0) is 14.3 Å². The lowest BCUT2D eigenvalue weighted by molar-refractivity contribution is -0.384. The number of aliphatic hydroxyl groups is 1. The number of ketones is 1. The fraction of sp³-hybridized carbons (Fsp3) is 0.125. The van der Waals surface area contributed by atoms with E-state index < -0.39 is 34.4 Å². The molecule has 3 heterocycles. The lowest BCUT2D eigenvalue weighted by atomic mass is 9.95. The number of nitro groups is 1. The second kappa shape index (κ2) is 9.88. The van der Waals surface area contributed by atoms with Crippen molar-refractivity contribution in [3.8, 4) is 0 Å². The van der Waals surface area contributed by atoms with Gasteiger partial charge in [-0.05, 0) is 36.8 Å². The molecule has 36 heavy (non-hydrogen) atoms. The molecular weight excluding hydrogens is 488 g/mol. The molecule has 0 spiro atoms. The van der Waals surface area contributed by atoms with Crippen LogP contribution in [0.3, 0.4) is 0 Å². The number of non-ortho nitro benzene ring substituents is 1. The number of nitro benzene ring substituents is 1. The van der Waals surface area contributed by atoms with E-state index in [0.29, 0.717) is 5.56 Å². The Morgan fingerprint density at radius 1 is 1.25 bits per heavy atom. The minimum absolute atomic E-state index is 0.0231. The van der Waals surface area contributed by atoms with E-state index in [1.165, 1.54) is 54.9 Å². The quantitative estimate of drug-likeness (QED) is 0.0960. The molecule has 1 N–H and O–H groups in total. The molecule has 1 fully saturated rings. The van der Waals surface area contributed by atoms with Gasteiger partial charge in [0.1, 0.15) is 17.2 Å². The van der Waals surface area contributed by atoms with Gasteiger partial charge in [0.2, 0.25) is 0 Å². The van der Waals surface area contributed by atoms with E-state index in [2.05, 4.69) is 16.5 Å². The first-order valence-corrected chi connectivity index (χ1v) is 11.3. The van der Waals surface area contributed by atoms with E-state index in [9.17, 15) is 29.6 Å². The Morgan fingerprint density at radius 3 is 2.53 bits per heavy atom. The van der Waals surface area contributed by atoms with Gasteiger partial charge in [0.15, 0.2) is 5.13 Å². The predicted octanol–water partition coefficient (Wildman–Crippen LogP) is 3.72. The number of rotatable bonds is 7. The maximum Gasteiger partial charge on any atom is 0.350 e. The van der Waals surface area contributed by atoms with Gasteiger partial charge in [-0.25, -0.2) is 9.78 Å². The number of thiazole rings is 1. The average molecular weight is 506 g/mol. The van der Waals surface area contributed by atoms with E-state index in [1.54, 1.807) is 6.92 Å². The van der Waals surface area contributed by atoms with Crippen LogP contribution in [-0.4, -0.2) is 44.3 Å². The van der Waals surface area contributed by atoms with Gasteiger partial charge in [-0.3, -0.25) is 29.6 Å². The number of hydrogen-bond acceptors (Lipinski definition) is 10. The molecule has 0 saturated carbocycles. The van der Waals surface area contributed by atoms with Crippen LogP contribution in [0.1, 0.15) is 32.5 Å². The summed E-state index contributed by atoms with van der Waals surface area (Å²) in [5, 5.41) is 22.2. The van der Waals surface area contributed by atoms with Crippen molar-refractivity contribution in [2.45, 2.75) is 13.0 Å². The first kappa shape index (κ1) is 24.4. The molecular formula is C24H18N4O7S. The van der Waals surface area contributed by atoms with Crippen LogP contribution in [0.4, 0.5) is 10.8 Å². The van der Waals surface area contributed by atoms with Gasteiger partial charge >= 0.3 is 11.9 Å². The molecule has 12 heteroatoms. The zero-order valence-corrected chi connectivity index (χ0v) is 19.6. The van der Waals surface area contributed by atoms with Gasteiger partial charge in [0, 0.05) is 30.1 Å². The van der Waals surface area contributed by atoms with E-state index >= 15 is 0 Å². The Balaban J connectivity index is 1.88. The molecule has 0 aliphatic carbocycles. The van der Waals surface area contributed by atoms with E-state index in [1.807, 2.05) is 0 Å². The Kier molecular flexibility index (Phi) is 6.70. The highest BCUT2D eigenvalue weighted by Crippen LogP contribution is 2.44. The number of pyridine rings is 1. The smallest absolute Gasteiger partial charge is 0.350 e. The monoisotopic (exact) mass is 506 g/mol. The molecule has 1 amide bonds. The zero-order valence-electron chi connectivity index (χ0n) is 18.8. The van der Waals surface area contributed by atoms with Crippen LogP contribution in [0.5, 0.6) is 0 Å². The number of carbonyl (C=O) groups is 3. The highest BCUT2D eigenvalue weighted by Gasteiger charge is 2.48. The third-order valence-electron chi connectivity index (χ3n) is 5.33. The Morgan fingerprint density at radius 2 is 1.92 bits per heavy atom. The lowest BCUT2D eigenvalue weighted by Crippen LogP contribution is -2.29. The third-order valence-corrected chi connectivity index (χ3v) is 6.46. The minimum atomic E-state index is -1.17. The Hall–Kier alpha value is -4.71. The van der Waals surface area contributed by atoms with E-state index in [4.69, 9.17) is 4.74 Å². The number of hydrogen-bond donors (Lipinski definition) is 1. The first-order chi connectivity index (χ1) is 17.2. The van der Waals surface area contributed by atoms with Crippen molar-refractivity contribution >= 4 is 45.6 Å². The maximum atomic E-state index is 13.2. The molecule has 2 aromatic heterocycles. The number of amides is 1. The second-order valence-electron chi connectivity index (χ2n) is 7.55. The molecule has 4 rings (SSSR count). The topological polar surface area (TPSA) is 153 Å². The van der Waals surface area contributed by atoms with E-state index in [-0.39, 0.29) is 39.1 Å². The van der Waals surface area contributed by atoms with Gasteiger partial charge in [-0.1, -0.05) is 24.0 Å². The summed E-state index contributed by atoms with van der Waals surface area (Å²) in [5.74, 6) is -3.07. The molecule has 1 atom stereocenters. The molecule has 1 unspecified atom stereocenters. The summed E-state index contributed by atoms with van der Waals surface area (Å²) >= 11 is 0.848. The summed E-state index contributed by atoms with van der Waals surface area (Å²) in [6.45, 7) is 5.02. The summed E-state index contributed by atoms with van der Waals surface area (Å²) < 4.78 is 5.07. The molecule has 1 aromatic carbocycles. The number of carbonyl (C=O) groups excluding carboxylic acids is 3. The van der Waals surface area contributed by atoms with Crippen molar-refractivity contribution in [2.24, 2.45) is 0 Å². The molecule has 1 aliphatic rings. The summed E-state index contributed by atoms with van der Waals surface area (Å²) in [6.07, 6.45) is 4.23. The van der Waals surface area contributed by atoms with Gasteiger partial charge in [0.25, 0.3) is 11.5 Å². The Labute approximate surface area is 208 Å². The van der Waals surface area contributed by atoms with Crippen molar-refractivity contribution in [3.63, 3.8) is 0 Å². The molecule has 0 radical (unpaired) electrons. The van der Waals surface area contributed by atoms with Crippen LogP contribution in [0.15, 0.2) is 67.0 Å². The maximum absolute atomic E-state index is 13.2. The minimum Gasteiger partial charge on any atom is -0.507 e. The summed E-state index contributed by atoms with van der Waals surface area (Å²) in [6, 6.07) is 7.01. The van der Waals surface area contributed by atoms with Crippen LogP contribution in [0.25, 0.3) is 5.76 Å². The SMILES string of the molecule is C=CCOC(=O)c1sc(N2C(=O)C(=O)C(=C(O)c3ccncc3)C2c2ccc([N+](=O)[O-])cc2)nc1C. The van der Waals surface area contributed by atoms with Crippen LogP contribution in [0.2, 0.25) is 0 Å². The van der Waals surface area contributed by atoms with Gasteiger partial charge in [0.05, 0.1) is 22.2 Å². The molecule has 11 nitrogen and oxygen atoms in total. The van der Waals surface area contributed by atoms with Crippen molar-refractivity contribution in [1.82, 2.24) is 9.97 Å². The van der Waals surface area contributed by atoms with Crippen LogP contribution < -0.4 is 4.90 Å². The molecule has 1 aliphatic heterocycles. The number of Topliss-reactive ketones (excluding diaryl/α,β-unsaturated/α-hetero) is 1. The van der Waals surface area contributed by atoms with Crippen LogP contribution >= 0.6 is 11.3 Å². The molecule has 0 bridgehead atoms. The fourth-order valence-electron chi connectivity index (χ4n) is 3.66. The second-order valence-corrected chi connectivity index (χ2v) is 8.53. The number of ether oxygens (including phenoxy) is 1. The number of anilines is 1. The highest BCUT2D eigenvalue weighted by molar-refractivity contribution is 7.17. The number of benzene rings is 1. The molecule has 182 valence electrons. The normalized spacial score (nSPS) is 16.7. The molecule has 3 aromatic rings. The molecule has 1 saturated heterocycles. The zero-order chi connectivity index (χ0) is 26.0. The van der Waals surface area contributed by atoms with Crippen molar-refractivity contribution in [1.29, 1.82) is 0 Å². The first-order valence-electron chi connectivity index (χ1n) is 10.5. The highest BCUT2D eigenvalue weighted by atomic mass is 32.1. The number of nitrogens with zero attached hydrogens (tertiary/aromatic N) is 4. The number of aryl methyl sites for hydroxylation is 1. The van der Waals surface area contributed by atoms with Crippen molar-refractivity contribution in [3.05, 3.63) is 98.8 Å². The summed E-state index contributed by atoms with van der Waals surface area (Å²) in [7, 11) is 0.